The van der Waals surface area contributed by atoms with Crippen LogP contribution in [-0.4, -0.2) is 32.0 Å². The summed E-state index contributed by atoms with van der Waals surface area (Å²) in [5, 5.41) is 7.29. The zero-order valence-corrected chi connectivity index (χ0v) is 15.1. The van der Waals surface area contributed by atoms with Crippen LogP contribution < -0.4 is 5.32 Å². The molecule has 0 saturated heterocycles. The summed E-state index contributed by atoms with van der Waals surface area (Å²) in [6, 6.07) is 10.5. The molecule has 1 aromatic carbocycles. The molecule has 1 aliphatic rings. The van der Waals surface area contributed by atoms with E-state index in [2.05, 4.69) is 44.6 Å². The van der Waals surface area contributed by atoms with E-state index in [1.165, 1.54) is 11.9 Å². The highest BCUT2D eigenvalue weighted by Crippen LogP contribution is 2.46. The molecule has 0 radical (unpaired) electrons. The van der Waals surface area contributed by atoms with Crippen LogP contribution in [0.5, 0.6) is 0 Å². The molecule has 3 aromatic rings. The first-order valence-corrected chi connectivity index (χ1v) is 9.11. The molecule has 0 spiro atoms. The summed E-state index contributed by atoms with van der Waals surface area (Å²) in [5.41, 5.74) is 4.38. The van der Waals surface area contributed by atoms with Crippen molar-refractivity contribution in [2.45, 2.75) is 39.0 Å². The number of nitrogens with zero attached hydrogens (tertiary/aromatic N) is 4. The summed E-state index contributed by atoms with van der Waals surface area (Å²) in [6.07, 6.45) is 3.80. The first kappa shape index (κ1) is 16.7. The first-order valence-electron chi connectivity index (χ1n) is 9.11. The van der Waals surface area contributed by atoms with Gasteiger partial charge < -0.3 is 5.32 Å². The van der Waals surface area contributed by atoms with E-state index in [9.17, 15) is 4.79 Å². The molecule has 1 fully saturated rings. The first-order chi connectivity index (χ1) is 12.6. The van der Waals surface area contributed by atoms with Crippen LogP contribution in [0.2, 0.25) is 0 Å². The second-order valence-electron chi connectivity index (χ2n) is 7.05. The predicted molar refractivity (Wildman–Crippen MR) is 98.9 cm³/mol. The zero-order valence-electron chi connectivity index (χ0n) is 15.1. The molecule has 1 amide bonds. The number of amides is 1. The molecular formula is C20H23N5O. The van der Waals surface area contributed by atoms with Crippen molar-refractivity contribution < 1.29 is 4.79 Å². The van der Waals surface area contributed by atoms with E-state index in [0.717, 1.165) is 29.9 Å². The van der Waals surface area contributed by atoms with Crippen molar-refractivity contribution >= 4 is 11.7 Å². The Morgan fingerprint density at radius 1 is 1.27 bits per heavy atom. The molecule has 6 nitrogen and oxygen atoms in total. The number of aromatic nitrogens is 4. The van der Waals surface area contributed by atoms with Crippen molar-refractivity contribution in [3.8, 4) is 0 Å². The molecule has 0 unspecified atom stereocenters. The highest BCUT2D eigenvalue weighted by molar-refractivity contribution is 5.76. The fourth-order valence-corrected chi connectivity index (χ4v) is 3.67. The number of aryl methyl sites for hydroxylation is 2. The fraction of sp³-hybridized carbons (Fsp3) is 0.400. The number of fused-ring (bicyclic) bond motifs is 1. The van der Waals surface area contributed by atoms with Crippen LogP contribution in [0.1, 0.15) is 41.3 Å². The fourth-order valence-electron chi connectivity index (χ4n) is 3.67. The van der Waals surface area contributed by atoms with Crippen molar-refractivity contribution in [1.29, 1.82) is 0 Å². The van der Waals surface area contributed by atoms with Crippen LogP contribution >= 0.6 is 0 Å². The summed E-state index contributed by atoms with van der Waals surface area (Å²) >= 11 is 0. The minimum Gasteiger partial charge on any atom is -0.356 e. The normalized spacial score (nSPS) is 18.8. The summed E-state index contributed by atoms with van der Waals surface area (Å²) < 4.78 is 1.73. The van der Waals surface area contributed by atoms with Crippen LogP contribution in [0, 0.1) is 19.8 Å². The third-order valence-electron chi connectivity index (χ3n) is 5.30. The number of nitrogens with one attached hydrogen (secondary N) is 1. The van der Waals surface area contributed by atoms with Crippen LogP contribution in [0.15, 0.2) is 36.7 Å². The molecule has 1 N–H and O–H groups in total. The molecule has 6 heteroatoms. The molecule has 0 bridgehead atoms. The molecule has 134 valence electrons. The standard InChI is InChI=1S/C20H23N5O/c1-13-17(14(2)25-20(24-13)22-12-23-25)8-9-19(26)21-11-16-10-18(16)15-6-4-3-5-7-15/h3-7,12,16,18H,8-11H2,1-2H3,(H,21,26)/t16-,18-/m1/s1. The number of benzene rings is 1. The lowest BCUT2D eigenvalue weighted by Gasteiger charge is -2.10. The second kappa shape index (κ2) is 6.86. The van der Waals surface area contributed by atoms with E-state index >= 15 is 0 Å². The third-order valence-corrected chi connectivity index (χ3v) is 5.30. The summed E-state index contributed by atoms with van der Waals surface area (Å²) in [4.78, 5) is 20.8. The van der Waals surface area contributed by atoms with E-state index < -0.39 is 0 Å². The Morgan fingerprint density at radius 3 is 2.88 bits per heavy atom. The van der Waals surface area contributed by atoms with Crippen LogP contribution in [-0.2, 0) is 11.2 Å². The van der Waals surface area contributed by atoms with Crippen LogP contribution in [0.3, 0.4) is 0 Å². The van der Waals surface area contributed by atoms with E-state index in [4.69, 9.17) is 0 Å². The second-order valence-corrected chi connectivity index (χ2v) is 7.05. The Kier molecular flexibility index (Phi) is 4.41. The molecule has 1 aliphatic carbocycles. The van der Waals surface area contributed by atoms with Crippen molar-refractivity contribution in [1.82, 2.24) is 24.9 Å². The minimum absolute atomic E-state index is 0.0983. The van der Waals surface area contributed by atoms with Gasteiger partial charge in [0, 0.05) is 24.4 Å². The maximum Gasteiger partial charge on any atom is 0.252 e. The van der Waals surface area contributed by atoms with Crippen LogP contribution in [0.25, 0.3) is 5.78 Å². The average molecular weight is 349 g/mol. The maximum atomic E-state index is 12.3. The van der Waals surface area contributed by atoms with Gasteiger partial charge >= 0.3 is 0 Å². The summed E-state index contributed by atoms with van der Waals surface area (Å²) in [5.74, 6) is 1.87. The number of rotatable bonds is 6. The quantitative estimate of drug-likeness (QED) is 0.742. The van der Waals surface area contributed by atoms with Gasteiger partial charge in [0.25, 0.3) is 5.78 Å². The number of carbonyl (C=O) groups is 1. The summed E-state index contributed by atoms with van der Waals surface area (Å²) in [7, 11) is 0. The molecule has 4 rings (SSSR count). The van der Waals surface area contributed by atoms with E-state index in [1.807, 2.05) is 19.9 Å². The monoisotopic (exact) mass is 349 g/mol. The molecule has 2 atom stereocenters. The van der Waals surface area contributed by atoms with Gasteiger partial charge in [-0.2, -0.15) is 10.1 Å². The predicted octanol–water partition coefficient (Wildman–Crippen LogP) is 2.59. The lowest BCUT2D eigenvalue weighted by atomic mass is 10.1. The Hall–Kier alpha value is -2.76. The van der Waals surface area contributed by atoms with Gasteiger partial charge in [-0.15, -0.1) is 0 Å². The molecule has 0 aliphatic heterocycles. The topological polar surface area (TPSA) is 72.2 Å². The SMILES string of the molecule is Cc1nc2ncnn2c(C)c1CCC(=O)NC[C@H]1C[C@@H]1c1ccccc1. The van der Waals surface area contributed by atoms with E-state index in [0.29, 0.717) is 30.5 Å². The maximum absolute atomic E-state index is 12.3. The largest absolute Gasteiger partial charge is 0.356 e. The zero-order chi connectivity index (χ0) is 18.1. The highest BCUT2D eigenvalue weighted by atomic mass is 16.1. The van der Waals surface area contributed by atoms with Gasteiger partial charge in [0.05, 0.1) is 0 Å². The highest BCUT2D eigenvalue weighted by Gasteiger charge is 2.37. The number of hydrogen-bond acceptors (Lipinski definition) is 4. The summed E-state index contributed by atoms with van der Waals surface area (Å²) in [6.45, 7) is 4.72. The van der Waals surface area contributed by atoms with Gasteiger partial charge in [-0.3, -0.25) is 4.79 Å². The Morgan fingerprint density at radius 2 is 2.08 bits per heavy atom. The van der Waals surface area contributed by atoms with Gasteiger partial charge in [-0.1, -0.05) is 30.3 Å². The lowest BCUT2D eigenvalue weighted by molar-refractivity contribution is -0.121. The average Bonchev–Trinajstić information content (AvgIpc) is 3.28. The van der Waals surface area contributed by atoms with Gasteiger partial charge in [-0.25, -0.2) is 9.50 Å². The van der Waals surface area contributed by atoms with Crippen molar-refractivity contribution in [2.24, 2.45) is 5.92 Å². The van der Waals surface area contributed by atoms with Crippen LogP contribution in [0.4, 0.5) is 0 Å². The minimum atomic E-state index is 0.0983. The van der Waals surface area contributed by atoms with Gasteiger partial charge in [-0.05, 0) is 49.7 Å². The smallest absolute Gasteiger partial charge is 0.252 e. The van der Waals surface area contributed by atoms with Gasteiger partial charge in [0.1, 0.15) is 6.33 Å². The molecule has 2 aromatic heterocycles. The van der Waals surface area contributed by atoms with Crippen molar-refractivity contribution in [2.75, 3.05) is 6.54 Å². The van der Waals surface area contributed by atoms with Crippen molar-refractivity contribution in [3.63, 3.8) is 0 Å². The van der Waals surface area contributed by atoms with E-state index in [1.54, 1.807) is 4.52 Å². The Bertz CT molecular complexity index is 934. The lowest BCUT2D eigenvalue weighted by Crippen LogP contribution is -2.26. The number of hydrogen-bond donors (Lipinski definition) is 1. The third kappa shape index (κ3) is 3.31. The Labute approximate surface area is 152 Å². The van der Waals surface area contributed by atoms with Gasteiger partial charge in [0.15, 0.2) is 0 Å². The van der Waals surface area contributed by atoms with Gasteiger partial charge in [0.2, 0.25) is 5.91 Å². The number of carbonyl (C=O) groups excluding carboxylic acids is 1. The van der Waals surface area contributed by atoms with Crippen molar-refractivity contribution in [3.05, 3.63) is 59.2 Å². The molecular weight excluding hydrogens is 326 g/mol. The Balaban J connectivity index is 1.30. The molecule has 26 heavy (non-hydrogen) atoms. The molecule has 2 heterocycles. The van der Waals surface area contributed by atoms with E-state index in [-0.39, 0.29) is 5.91 Å². The molecule has 1 saturated carbocycles.